The lowest BCUT2D eigenvalue weighted by Gasteiger charge is -2.19. The zero-order chi connectivity index (χ0) is 17.3. The lowest BCUT2D eigenvalue weighted by atomic mass is 10.2. The molecule has 0 bridgehead atoms. The minimum atomic E-state index is -5.34. The minimum absolute atomic E-state index is 0.0283. The summed E-state index contributed by atoms with van der Waals surface area (Å²) in [5, 5.41) is 17.9. The molecule has 22 heavy (non-hydrogen) atoms. The lowest BCUT2D eigenvalue weighted by Crippen LogP contribution is -2.52. The fourth-order valence-corrected chi connectivity index (χ4v) is 3.15. The molecule has 1 rings (SSSR count). The number of nitrogens with two attached hydrogens (primary N) is 1. The first-order valence-corrected chi connectivity index (χ1v) is 8.93. The highest BCUT2D eigenvalue weighted by atomic mass is 33.2. The SMILES string of the molecule is Cc1cc(S(=O)(=O)S(=O)(=O)O)ccc1OCC(N)(O)C(=O)O. The molecule has 0 saturated carbocycles. The third kappa shape index (κ3) is 3.72. The van der Waals surface area contributed by atoms with Crippen molar-refractivity contribution in [3.05, 3.63) is 23.8 Å². The zero-order valence-electron chi connectivity index (χ0n) is 11.1. The van der Waals surface area contributed by atoms with E-state index in [1.807, 2.05) is 0 Å². The van der Waals surface area contributed by atoms with E-state index in [4.69, 9.17) is 20.1 Å². The van der Waals surface area contributed by atoms with E-state index < -0.39 is 41.2 Å². The van der Waals surface area contributed by atoms with Gasteiger partial charge in [0.15, 0.2) is 0 Å². The molecular formula is C10H13NO9S2. The molecule has 5 N–H and O–H groups in total. The molecule has 0 heterocycles. The smallest absolute Gasteiger partial charge is 0.377 e. The van der Waals surface area contributed by atoms with Crippen LogP contribution in [0.2, 0.25) is 0 Å². The van der Waals surface area contributed by atoms with Crippen molar-refractivity contribution in [3.63, 3.8) is 0 Å². The summed E-state index contributed by atoms with van der Waals surface area (Å²) >= 11 is 0. The van der Waals surface area contributed by atoms with Crippen LogP contribution in [-0.4, -0.2) is 49.9 Å². The van der Waals surface area contributed by atoms with Crippen molar-refractivity contribution in [3.8, 4) is 5.75 Å². The predicted molar refractivity (Wildman–Crippen MR) is 72.2 cm³/mol. The highest BCUT2D eigenvalue weighted by molar-refractivity contribution is 8.64. The van der Waals surface area contributed by atoms with Gasteiger partial charge in [0, 0.05) is 0 Å². The van der Waals surface area contributed by atoms with E-state index in [1.54, 1.807) is 0 Å². The normalized spacial score (nSPS) is 15.1. The van der Waals surface area contributed by atoms with Gasteiger partial charge in [-0.3, -0.25) is 10.3 Å². The number of hydrogen-bond acceptors (Lipinski definition) is 8. The van der Waals surface area contributed by atoms with Crippen molar-refractivity contribution in [2.45, 2.75) is 17.5 Å². The number of carboxylic acids is 1. The molecule has 0 aromatic heterocycles. The second kappa shape index (κ2) is 5.81. The van der Waals surface area contributed by atoms with Crippen LogP contribution in [0.3, 0.4) is 0 Å². The monoisotopic (exact) mass is 355 g/mol. The second-order valence-electron chi connectivity index (χ2n) is 4.33. The summed E-state index contributed by atoms with van der Waals surface area (Å²) in [5.74, 6) is -1.75. The van der Waals surface area contributed by atoms with E-state index in [2.05, 4.69) is 0 Å². The third-order valence-electron chi connectivity index (χ3n) is 2.53. The van der Waals surface area contributed by atoms with E-state index in [0.29, 0.717) is 0 Å². The van der Waals surface area contributed by atoms with Crippen LogP contribution in [0.25, 0.3) is 0 Å². The molecule has 1 aromatic carbocycles. The molecule has 1 atom stereocenters. The maximum Gasteiger partial charge on any atom is 0.377 e. The Hall–Kier alpha value is -1.73. The molecule has 0 aliphatic heterocycles. The van der Waals surface area contributed by atoms with Gasteiger partial charge in [0.05, 0.1) is 4.90 Å². The van der Waals surface area contributed by atoms with E-state index in [1.165, 1.54) is 6.92 Å². The minimum Gasteiger partial charge on any atom is -0.488 e. The van der Waals surface area contributed by atoms with Gasteiger partial charge in [0.2, 0.25) is 5.72 Å². The standard InChI is InChI=1S/C10H13NO9S2/c1-6-4-7(21(15,16)22(17,18)19)2-3-8(6)20-5-10(11,14)9(12)13/h2-4,14H,5,11H2,1H3,(H,12,13)(H,17,18,19). The van der Waals surface area contributed by atoms with Crippen molar-refractivity contribution < 1.29 is 41.1 Å². The van der Waals surface area contributed by atoms with Crippen molar-refractivity contribution in [1.29, 1.82) is 0 Å². The van der Waals surface area contributed by atoms with E-state index in [9.17, 15) is 26.7 Å². The average Bonchev–Trinajstić information content (AvgIpc) is 2.35. The Morgan fingerprint density at radius 1 is 1.32 bits per heavy atom. The summed E-state index contributed by atoms with van der Waals surface area (Å²) in [5.41, 5.74) is 2.51. The quantitative estimate of drug-likeness (QED) is 0.271. The number of carboxylic acid groups (broad SMARTS) is 1. The number of aliphatic carboxylic acids is 1. The third-order valence-corrected chi connectivity index (χ3v) is 6.16. The van der Waals surface area contributed by atoms with E-state index >= 15 is 0 Å². The Bertz CT molecular complexity index is 796. The maximum atomic E-state index is 11.5. The first-order chi connectivity index (χ1) is 9.79. The molecule has 12 heteroatoms. The number of hydrogen-bond donors (Lipinski definition) is 4. The van der Waals surface area contributed by atoms with Crippen LogP contribution in [0.5, 0.6) is 5.75 Å². The Labute approximate surface area is 125 Å². The first-order valence-electron chi connectivity index (χ1n) is 5.49. The maximum absolute atomic E-state index is 11.5. The van der Waals surface area contributed by atoms with Crippen LogP contribution in [0.1, 0.15) is 5.56 Å². The van der Waals surface area contributed by atoms with Crippen molar-refractivity contribution >= 4 is 24.0 Å². The molecule has 0 aliphatic rings. The van der Waals surface area contributed by atoms with Crippen molar-refractivity contribution in [2.24, 2.45) is 5.73 Å². The molecule has 10 nitrogen and oxygen atoms in total. The van der Waals surface area contributed by atoms with E-state index in [-0.39, 0.29) is 11.3 Å². The van der Waals surface area contributed by atoms with Crippen LogP contribution >= 0.6 is 0 Å². The summed E-state index contributed by atoms with van der Waals surface area (Å²) in [6.45, 7) is 0.516. The van der Waals surface area contributed by atoms with Gasteiger partial charge in [-0.05, 0) is 30.7 Å². The number of ether oxygens (including phenoxy) is 1. The zero-order valence-corrected chi connectivity index (χ0v) is 12.8. The van der Waals surface area contributed by atoms with Crippen LogP contribution in [-0.2, 0) is 22.8 Å². The van der Waals surface area contributed by atoms with Gasteiger partial charge in [-0.2, -0.15) is 8.42 Å². The Kier molecular flexibility index (Phi) is 4.84. The molecule has 124 valence electrons. The molecule has 0 spiro atoms. The molecular weight excluding hydrogens is 342 g/mol. The van der Waals surface area contributed by atoms with Gasteiger partial charge in [0.25, 0.3) is 0 Å². The Morgan fingerprint density at radius 3 is 2.27 bits per heavy atom. The average molecular weight is 355 g/mol. The topological polar surface area (TPSA) is 181 Å². The lowest BCUT2D eigenvalue weighted by molar-refractivity contribution is -0.161. The van der Waals surface area contributed by atoms with Gasteiger partial charge in [0.1, 0.15) is 12.4 Å². The summed E-state index contributed by atoms with van der Waals surface area (Å²) in [6.07, 6.45) is 0. The van der Waals surface area contributed by atoms with Gasteiger partial charge in [-0.25, -0.2) is 13.2 Å². The molecule has 0 fully saturated rings. The number of benzene rings is 1. The van der Waals surface area contributed by atoms with Crippen LogP contribution in [0.4, 0.5) is 0 Å². The van der Waals surface area contributed by atoms with E-state index in [0.717, 1.165) is 18.2 Å². The molecule has 0 aliphatic carbocycles. The summed E-state index contributed by atoms with van der Waals surface area (Å²) in [7, 11) is -10.3. The summed E-state index contributed by atoms with van der Waals surface area (Å²) in [6, 6.07) is 2.77. The summed E-state index contributed by atoms with van der Waals surface area (Å²) in [4.78, 5) is 9.90. The van der Waals surface area contributed by atoms with Crippen LogP contribution in [0.15, 0.2) is 23.1 Å². The highest BCUT2D eigenvalue weighted by Gasteiger charge is 2.33. The predicted octanol–water partition coefficient (Wildman–Crippen LogP) is -1.32. The highest BCUT2D eigenvalue weighted by Crippen LogP contribution is 2.24. The second-order valence-corrected chi connectivity index (χ2v) is 9.14. The molecule has 1 aromatic rings. The van der Waals surface area contributed by atoms with Crippen molar-refractivity contribution in [1.82, 2.24) is 0 Å². The number of carbonyl (C=O) groups is 1. The summed E-state index contributed by atoms with van der Waals surface area (Å²) < 4.78 is 58.2. The van der Waals surface area contributed by atoms with Gasteiger partial charge < -0.3 is 14.9 Å². The Morgan fingerprint density at radius 2 is 1.86 bits per heavy atom. The fourth-order valence-electron chi connectivity index (χ4n) is 1.31. The van der Waals surface area contributed by atoms with Gasteiger partial charge in [-0.1, -0.05) is 0 Å². The molecule has 1 unspecified atom stereocenters. The number of aliphatic hydroxyl groups is 1. The Balaban J connectivity index is 3.09. The molecule has 0 amide bonds. The number of aryl methyl sites for hydroxylation is 1. The van der Waals surface area contributed by atoms with Crippen LogP contribution in [0, 0.1) is 6.92 Å². The van der Waals surface area contributed by atoms with Crippen molar-refractivity contribution in [2.75, 3.05) is 6.61 Å². The first kappa shape index (κ1) is 18.3. The van der Waals surface area contributed by atoms with Gasteiger partial charge >= 0.3 is 24.0 Å². The number of rotatable bonds is 6. The fraction of sp³-hybridized carbons (Fsp3) is 0.300. The molecule has 0 saturated heterocycles. The van der Waals surface area contributed by atoms with Gasteiger partial charge in [-0.15, -0.1) is 0 Å². The largest absolute Gasteiger partial charge is 0.488 e. The molecule has 0 radical (unpaired) electrons. The van der Waals surface area contributed by atoms with Crippen LogP contribution < -0.4 is 10.5 Å².